The molecular weight excluding hydrogens is 244 g/mol. The molecule has 0 unspecified atom stereocenters. The van der Waals surface area contributed by atoms with Crippen LogP contribution in [0.5, 0.6) is 5.75 Å². The maximum absolute atomic E-state index is 11.6. The number of benzene rings is 1. The molecule has 0 N–H and O–H groups in total. The summed E-state index contributed by atoms with van der Waals surface area (Å²) in [7, 11) is 0. The van der Waals surface area contributed by atoms with Gasteiger partial charge < -0.3 is 9.47 Å². The first-order chi connectivity index (χ1) is 9.13. The van der Waals surface area contributed by atoms with Crippen LogP contribution in [0.3, 0.4) is 0 Å². The van der Waals surface area contributed by atoms with E-state index in [-0.39, 0.29) is 11.9 Å². The Kier molecular flexibility index (Phi) is 6.64. The SMILES string of the molecule is CCOC(=O)CCCCC(=O)Oc1ccccc1C. The maximum Gasteiger partial charge on any atom is 0.311 e. The highest BCUT2D eigenvalue weighted by Crippen LogP contribution is 2.17. The van der Waals surface area contributed by atoms with Gasteiger partial charge in [-0.2, -0.15) is 0 Å². The molecule has 0 heterocycles. The van der Waals surface area contributed by atoms with Gasteiger partial charge in [0, 0.05) is 12.8 Å². The molecule has 0 aliphatic heterocycles. The number of esters is 2. The summed E-state index contributed by atoms with van der Waals surface area (Å²) in [6.07, 6.45) is 1.93. The second-order valence-corrected chi connectivity index (χ2v) is 4.25. The highest BCUT2D eigenvalue weighted by molar-refractivity contribution is 5.73. The summed E-state index contributed by atoms with van der Waals surface area (Å²) < 4.78 is 10.0. The highest BCUT2D eigenvalue weighted by Gasteiger charge is 2.07. The molecule has 4 heteroatoms. The number of unbranched alkanes of at least 4 members (excludes halogenated alkanes) is 1. The lowest BCUT2D eigenvalue weighted by Crippen LogP contribution is -2.09. The quantitative estimate of drug-likeness (QED) is 0.431. The van der Waals surface area contributed by atoms with E-state index >= 15 is 0 Å². The van der Waals surface area contributed by atoms with Crippen LogP contribution in [0.25, 0.3) is 0 Å². The molecule has 0 radical (unpaired) electrons. The van der Waals surface area contributed by atoms with Gasteiger partial charge in [-0.05, 0) is 38.3 Å². The van der Waals surface area contributed by atoms with Gasteiger partial charge in [-0.25, -0.2) is 0 Å². The Bertz CT molecular complexity index is 426. The molecule has 0 bridgehead atoms. The van der Waals surface area contributed by atoms with Crippen LogP contribution in [0.1, 0.15) is 38.2 Å². The summed E-state index contributed by atoms with van der Waals surface area (Å²) >= 11 is 0. The van der Waals surface area contributed by atoms with Crippen molar-refractivity contribution in [1.29, 1.82) is 0 Å². The Hall–Kier alpha value is -1.84. The Morgan fingerprint density at radius 3 is 2.32 bits per heavy atom. The highest BCUT2D eigenvalue weighted by atomic mass is 16.5. The zero-order chi connectivity index (χ0) is 14.1. The second kappa shape index (κ2) is 8.29. The summed E-state index contributed by atoms with van der Waals surface area (Å²) in [5.74, 6) is 0.117. The van der Waals surface area contributed by atoms with Crippen molar-refractivity contribution in [3.63, 3.8) is 0 Å². The first-order valence-corrected chi connectivity index (χ1v) is 6.55. The molecule has 0 amide bonds. The molecule has 4 nitrogen and oxygen atoms in total. The van der Waals surface area contributed by atoms with Gasteiger partial charge in [-0.3, -0.25) is 9.59 Å². The lowest BCUT2D eigenvalue weighted by molar-refractivity contribution is -0.143. The third-order valence-corrected chi connectivity index (χ3v) is 2.63. The summed E-state index contributed by atoms with van der Waals surface area (Å²) in [5.41, 5.74) is 0.933. The lowest BCUT2D eigenvalue weighted by Gasteiger charge is -2.06. The number of aryl methyl sites for hydroxylation is 1. The number of hydrogen-bond acceptors (Lipinski definition) is 4. The molecule has 19 heavy (non-hydrogen) atoms. The molecule has 0 aliphatic carbocycles. The first-order valence-electron chi connectivity index (χ1n) is 6.55. The Balaban J connectivity index is 2.22. The van der Waals surface area contributed by atoms with Crippen molar-refractivity contribution in [2.45, 2.75) is 39.5 Å². The van der Waals surface area contributed by atoms with Crippen LogP contribution in [0.2, 0.25) is 0 Å². The third kappa shape index (κ3) is 6.04. The number of rotatable bonds is 7. The minimum Gasteiger partial charge on any atom is -0.466 e. The van der Waals surface area contributed by atoms with Gasteiger partial charge >= 0.3 is 11.9 Å². The number of carbonyl (C=O) groups excluding carboxylic acids is 2. The van der Waals surface area contributed by atoms with Gasteiger partial charge in [0.25, 0.3) is 0 Å². The fourth-order valence-corrected chi connectivity index (χ4v) is 1.62. The molecule has 1 aromatic carbocycles. The minimum absolute atomic E-state index is 0.213. The van der Waals surface area contributed by atoms with Gasteiger partial charge in [0.15, 0.2) is 0 Å². The van der Waals surface area contributed by atoms with Crippen LogP contribution in [0.15, 0.2) is 24.3 Å². The molecular formula is C15H20O4. The molecule has 1 rings (SSSR count). The molecule has 0 aromatic heterocycles. The zero-order valence-electron chi connectivity index (χ0n) is 11.5. The van der Waals surface area contributed by atoms with Crippen molar-refractivity contribution in [3.05, 3.63) is 29.8 Å². The van der Waals surface area contributed by atoms with E-state index in [1.54, 1.807) is 13.0 Å². The van der Waals surface area contributed by atoms with E-state index in [0.29, 0.717) is 38.0 Å². The van der Waals surface area contributed by atoms with Crippen LogP contribution < -0.4 is 4.74 Å². The molecule has 0 saturated heterocycles. The molecule has 0 aliphatic rings. The number of ether oxygens (including phenoxy) is 2. The van der Waals surface area contributed by atoms with Crippen molar-refractivity contribution < 1.29 is 19.1 Å². The van der Waals surface area contributed by atoms with E-state index < -0.39 is 0 Å². The lowest BCUT2D eigenvalue weighted by atomic mass is 10.2. The van der Waals surface area contributed by atoms with Crippen molar-refractivity contribution in [2.75, 3.05) is 6.61 Å². The largest absolute Gasteiger partial charge is 0.466 e. The fourth-order valence-electron chi connectivity index (χ4n) is 1.62. The molecule has 104 valence electrons. The van der Waals surface area contributed by atoms with Crippen LogP contribution >= 0.6 is 0 Å². The summed E-state index contributed by atoms with van der Waals surface area (Å²) in [6, 6.07) is 7.39. The Morgan fingerprint density at radius 1 is 1.05 bits per heavy atom. The van der Waals surface area contributed by atoms with Crippen LogP contribution in [-0.2, 0) is 14.3 Å². The van der Waals surface area contributed by atoms with Crippen molar-refractivity contribution in [3.8, 4) is 5.75 Å². The van der Waals surface area contributed by atoms with Crippen LogP contribution in [0.4, 0.5) is 0 Å². The van der Waals surface area contributed by atoms with Crippen molar-refractivity contribution in [1.82, 2.24) is 0 Å². The van der Waals surface area contributed by atoms with Gasteiger partial charge in [0.05, 0.1) is 6.61 Å². The van der Waals surface area contributed by atoms with E-state index in [2.05, 4.69) is 0 Å². The topological polar surface area (TPSA) is 52.6 Å². The second-order valence-electron chi connectivity index (χ2n) is 4.25. The molecule has 0 atom stereocenters. The van der Waals surface area contributed by atoms with Crippen molar-refractivity contribution in [2.24, 2.45) is 0 Å². The van der Waals surface area contributed by atoms with Crippen LogP contribution in [0, 0.1) is 6.92 Å². The molecule has 0 saturated carbocycles. The molecule has 1 aromatic rings. The summed E-state index contributed by atoms with van der Waals surface area (Å²) in [5, 5.41) is 0. The normalized spacial score (nSPS) is 10.0. The first kappa shape index (κ1) is 15.2. The Labute approximate surface area is 113 Å². The predicted octanol–water partition coefficient (Wildman–Crippen LogP) is 3.02. The molecule has 0 spiro atoms. The van der Waals surface area contributed by atoms with Crippen LogP contribution in [-0.4, -0.2) is 18.5 Å². The van der Waals surface area contributed by atoms with Crippen molar-refractivity contribution >= 4 is 11.9 Å². The fraction of sp³-hybridized carbons (Fsp3) is 0.467. The third-order valence-electron chi connectivity index (χ3n) is 2.63. The van der Waals surface area contributed by atoms with Gasteiger partial charge in [0.2, 0.25) is 0 Å². The number of carbonyl (C=O) groups is 2. The van der Waals surface area contributed by atoms with E-state index in [1.165, 1.54) is 0 Å². The average molecular weight is 264 g/mol. The molecule has 0 fully saturated rings. The standard InChI is InChI=1S/C15H20O4/c1-3-18-14(16)10-6-7-11-15(17)19-13-9-5-4-8-12(13)2/h4-5,8-9H,3,6-7,10-11H2,1-2H3. The predicted molar refractivity (Wildman–Crippen MR) is 71.9 cm³/mol. The monoisotopic (exact) mass is 264 g/mol. The smallest absolute Gasteiger partial charge is 0.311 e. The number of hydrogen-bond donors (Lipinski definition) is 0. The van der Waals surface area contributed by atoms with Gasteiger partial charge in [0.1, 0.15) is 5.75 Å². The van der Waals surface area contributed by atoms with E-state index in [4.69, 9.17) is 9.47 Å². The minimum atomic E-state index is -0.266. The van der Waals surface area contributed by atoms with E-state index in [9.17, 15) is 9.59 Å². The Morgan fingerprint density at radius 2 is 1.68 bits per heavy atom. The van der Waals surface area contributed by atoms with E-state index in [1.807, 2.05) is 25.1 Å². The summed E-state index contributed by atoms with van der Waals surface area (Å²) in [4.78, 5) is 22.7. The summed E-state index contributed by atoms with van der Waals surface area (Å²) in [6.45, 7) is 4.06. The van der Waals surface area contributed by atoms with E-state index in [0.717, 1.165) is 5.56 Å². The zero-order valence-corrected chi connectivity index (χ0v) is 11.5. The van der Waals surface area contributed by atoms with Gasteiger partial charge in [-0.1, -0.05) is 18.2 Å². The maximum atomic E-state index is 11.6. The van der Waals surface area contributed by atoms with Gasteiger partial charge in [-0.15, -0.1) is 0 Å². The average Bonchev–Trinajstić information content (AvgIpc) is 2.38. The number of para-hydroxylation sites is 1.